The molecule has 0 unspecified atom stereocenters. The number of carbonyl (C=O) groups is 1. The van der Waals surface area contributed by atoms with Gasteiger partial charge in [0, 0.05) is 17.7 Å². The Balaban J connectivity index is 2.20. The zero-order chi connectivity index (χ0) is 18.4. The Morgan fingerprint density at radius 1 is 1.36 bits per heavy atom. The van der Waals surface area contributed by atoms with Gasteiger partial charge in [-0.25, -0.2) is 4.79 Å². The molecule has 0 radical (unpaired) electrons. The van der Waals surface area contributed by atoms with Gasteiger partial charge in [-0.2, -0.15) is 0 Å². The summed E-state index contributed by atoms with van der Waals surface area (Å²) in [5.41, 5.74) is 1.82. The first kappa shape index (κ1) is 19.3. The fraction of sp³-hybridized carbons (Fsp3) is 0.444. The molecule has 136 valence electrons. The van der Waals surface area contributed by atoms with Crippen molar-refractivity contribution in [1.29, 1.82) is 0 Å². The second-order valence-electron chi connectivity index (χ2n) is 6.67. The number of hydrogen-bond donors (Lipinski definition) is 1. The van der Waals surface area contributed by atoms with Crippen LogP contribution in [-0.4, -0.2) is 40.2 Å². The van der Waals surface area contributed by atoms with E-state index < -0.39 is 5.60 Å². The fourth-order valence-corrected chi connectivity index (χ4v) is 2.48. The van der Waals surface area contributed by atoms with Crippen LogP contribution < -0.4 is 0 Å². The van der Waals surface area contributed by atoms with Crippen LogP contribution in [0.2, 0.25) is 0 Å². The number of amides is 1. The normalized spacial score (nSPS) is 15.5. The molecule has 1 N–H and O–H groups in total. The number of carbonyl (C=O) groups excluding carboxylic acids is 1. The third kappa shape index (κ3) is 5.76. The van der Waals surface area contributed by atoms with E-state index in [1.807, 2.05) is 39.0 Å². The Morgan fingerprint density at radius 3 is 2.56 bits per heavy atom. The minimum absolute atomic E-state index is 0.0164. The molecule has 1 aromatic carbocycles. The van der Waals surface area contributed by atoms with Crippen molar-refractivity contribution in [1.82, 2.24) is 4.90 Å². The lowest BCUT2D eigenvalue weighted by molar-refractivity contribution is 0.0271. The van der Waals surface area contributed by atoms with Crippen molar-refractivity contribution in [3.05, 3.63) is 47.2 Å². The van der Waals surface area contributed by atoms with Crippen LogP contribution in [-0.2, 0) is 16.0 Å². The molecule has 0 aliphatic carbocycles. The van der Waals surface area contributed by atoms with E-state index in [1.54, 1.807) is 17.0 Å². The standard InChI is InChI=1S/C18H23ClN2O4/c1-18(2,3)25-17(22)21(15-8-10-24-11-9-15)12-13-4-6-14(7-5-13)16(19)20-23/h4-8,23H,9-12H2,1-3H3/b20-16-. The summed E-state index contributed by atoms with van der Waals surface area (Å²) in [5.74, 6) is 0. The van der Waals surface area contributed by atoms with E-state index in [1.165, 1.54) is 0 Å². The van der Waals surface area contributed by atoms with Gasteiger partial charge < -0.3 is 14.7 Å². The quantitative estimate of drug-likeness (QED) is 0.494. The van der Waals surface area contributed by atoms with Gasteiger partial charge in [-0.1, -0.05) is 41.0 Å². The molecule has 2 rings (SSSR count). The van der Waals surface area contributed by atoms with Crippen molar-refractivity contribution in [3.8, 4) is 0 Å². The molecule has 0 saturated heterocycles. The smallest absolute Gasteiger partial charge is 0.414 e. The summed E-state index contributed by atoms with van der Waals surface area (Å²) in [6.45, 7) is 6.95. The number of rotatable bonds is 4. The molecule has 0 fully saturated rings. The Morgan fingerprint density at radius 2 is 2.04 bits per heavy atom. The zero-order valence-corrected chi connectivity index (χ0v) is 15.4. The van der Waals surface area contributed by atoms with E-state index in [4.69, 9.17) is 26.3 Å². The van der Waals surface area contributed by atoms with Gasteiger partial charge in [0.25, 0.3) is 0 Å². The van der Waals surface area contributed by atoms with E-state index in [0.29, 0.717) is 31.7 Å². The van der Waals surface area contributed by atoms with Crippen LogP contribution in [0.3, 0.4) is 0 Å². The topological polar surface area (TPSA) is 71.4 Å². The van der Waals surface area contributed by atoms with Crippen molar-refractivity contribution in [2.45, 2.75) is 39.3 Å². The monoisotopic (exact) mass is 366 g/mol. The average molecular weight is 367 g/mol. The first-order valence-electron chi connectivity index (χ1n) is 8.04. The molecule has 1 aliphatic heterocycles. The van der Waals surface area contributed by atoms with Crippen LogP contribution in [0.5, 0.6) is 0 Å². The van der Waals surface area contributed by atoms with Crippen LogP contribution in [0.15, 0.2) is 41.2 Å². The highest BCUT2D eigenvalue weighted by Crippen LogP contribution is 2.21. The van der Waals surface area contributed by atoms with E-state index in [9.17, 15) is 4.79 Å². The Labute approximate surface area is 152 Å². The van der Waals surface area contributed by atoms with Gasteiger partial charge in [0.1, 0.15) is 5.60 Å². The van der Waals surface area contributed by atoms with Gasteiger partial charge in [-0.3, -0.25) is 4.90 Å². The van der Waals surface area contributed by atoms with Crippen molar-refractivity contribution in [3.63, 3.8) is 0 Å². The second kappa shape index (κ2) is 8.36. The summed E-state index contributed by atoms with van der Waals surface area (Å²) < 4.78 is 10.9. The first-order chi connectivity index (χ1) is 11.8. The summed E-state index contributed by atoms with van der Waals surface area (Å²) >= 11 is 5.79. The molecule has 0 saturated carbocycles. The maximum absolute atomic E-state index is 12.6. The molecule has 6 nitrogen and oxygen atoms in total. The fourth-order valence-electron chi connectivity index (χ4n) is 2.35. The predicted molar refractivity (Wildman–Crippen MR) is 95.9 cm³/mol. The molecular formula is C18H23ClN2O4. The largest absolute Gasteiger partial charge is 0.443 e. The minimum Gasteiger partial charge on any atom is -0.443 e. The summed E-state index contributed by atoms with van der Waals surface area (Å²) in [5, 5.41) is 11.7. The number of ether oxygens (including phenoxy) is 2. The third-order valence-electron chi connectivity index (χ3n) is 3.52. The predicted octanol–water partition coefficient (Wildman–Crippen LogP) is 4.10. The number of benzene rings is 1. The highest BCUT2D eigenvalue weighted by atomic mass is 35.5. The molecule has 0 aromatic heterocycles. The molecule has 1 heterocycles. The van der Waals surface area contributed by atoms with Crippen LogP contribution >= 0.6 is 11.6 Å². The molecular weight excluding hydrogens is 344 g/mol. The van der Waals surface area contributed by atoms with Gasteiger partial charge in [0.2, 0.25) is 0 Å². The van der Waals surface area contributed by atoms with Crippen LogP contribution in [0.4, 0.5) is 4.79 Å². The first-order valence-corrected chi connectivity index (χ1v) is 8.42. The molecule has 7 heteroatoms. The summed E-state index contributed by atoms with van der Waals surface area (Å²) in [7, 11) is 0. The highest BCUT2D eigenvalue weighted by Gasteiger charge is 2.25. The zero-order valence-electron chi connectivity index (χ0n) is 14.7. The van der Waals surface area contributed by atoms with E-state index >= 15 is 0 Å². The Bertz CT molecular complexity index is 663. The van der Waals surface area contributed by atoms with Crippen LogP contribution in [0.1, 0.15) is 38.3 Å². The molecule has 0 atom stereocenters. The van der Waals surface area contributed by atoms with Gasteiger partial charge >= 0.3 is 6.09 Å². The molecule has 25 heavy (non-hydrogen) atoms. The van der Waals surface area contributed by atoms with Crippen molar-refractivity contribution in [2.75, 3.05) is 13.2 Å². The lowest BCUT2D eigenvalue weighted by atomic mass is 10.1. The van der Waals surface area contributed by atoms with Gasteiger partial charge in [0.05, 0.1) is 19.8 Å². The molecule has 0 bridgehead atoms. The minimum atomic E-state index is -0.573. The number of nitrogens with zero attached hydrogens (tertiary/aromatic N) is 2. The lowest BCUT2D eigenvalue weighted by Gasteiger charge is -2.30. The molecule has 0 spiro atoms. The number of halogens is 1. The van der Waals surface area contributed by atoms with Crippen LogP contribution in [0, 0.1) is 0 Å². The number of oxime groups is 1. The Hall–Kier alpha value is -2.05. The van der Waals surface area contributed by atoms with Gasteiger partial charge in [-0.05, 0) is 32.4 Å². The van der Waals surface area contributed by atoms with Gasteiger partial charge in [0.15, 0.2) is 5.17 Å². The lowest BCUT2D eigenvalue weighted by Crippen LogP contribution is -2.37. The average Bonchev–Trinajstić information content (AvgIpc) is 2.58. The maximum Gasteiger partial charge on any atom is 0.414 e. The molecule has 1 aliphatic rings. The van der Waals surface area contributed by atoms with Crippen molar-refractivity contribution >= 4 is 22.9 Å². The summed E-state index contributed by atoms with van der Waals surface area (Å²) in [6.07, 6.45) is 2.16. The molecule has 1 amide bonds. The third-order valence-corrected chi connectivity index (χ3v) is 3.81. The van der Waals surface area contributed by atoms with Gasteiger partial charge in [-0.15, -0.1) is 0 Å². The van der Waals surface area contributed by atoms with Crippen molar-refractivity contribution in [2.24, 2.45) is 5.16 Å². The maximum atomic E-state index is 12.6. The second-order valence-corrected chi connectivity index (χ2v) is 7.03. The summed E-state index contributed by atoms with van der Waals surface area (Å²) in [4.78, 5) is 14.3. The summed E-state index contributed by atoms with van der Waals surface area (Å²) in [6, 6.07) is 7.15. The Kier molecular flexibility index (Phi) is 6.45. The van der Waals surface area contributed by atoms with Crippen molar-refractivity contribution < 1.29 is 19.5 Å². The van der Waals surface area contributed by atoms with E-state index in [0.717, 1.165) is 11.3 Å². The molecule has 1 aromatic rings. The van der Waals surface area contributed by atoms with E-state index in [2.05, 4.69) is 5.16 Å². The van der Waals surface area contributed by atoms with Crippen LogP contribution in [0.25, 0.3) is 0 Å². The number of hydrogen-bond acceptors (Lipinski definition) is 5. The SMILES string of the molecule is CC(C)(C)OC(=O)N(Cc1ccc(/C(Cl)=N/O)cc1)C1=CCOCC1. The van der Waals surface area contributed by atoms with E-state index in [-0.39, 0.29) is 11.3 Å². The highest BCUT2D eigenvalue weighted by molar-refractivity contribution is 6.69.